The summed E-state index contributed by atoms with van der Waals surface area (Å²) in [5, 5.41) is 10.1. The van der Waals surface area contributed by atoms with Crippen molar-refractivity contribution in [1.82, 2.24) is 14.7 Å². The van der Waals surface area contributed by atoms with Crippen molar-refractivity contribution >= 4 is 29.4 Å². The minimum absolute atomic E-state index is 0.0220. The number of hydrogen-bond acceptors (Lipinski definition) is 5. The lowest BCUT2D eigenvalue weighted by atomic mass is 10.0. The summed E-state index contributed by atoms with van der Waals surface area (Å²) in [6.45, 7) is 3.25. The van der Waals surface area contributed by atoms with Crippen molar-refractivity contribution < 1.29 is 19.3 Å². The molecule has 0 aliphatic carbocycles. The molecule has 0 radical (unpaired) electrons. The van der Waals surface area contributed by atoms with Crippen LogP contribution in [0.1, 0.15) is 11.6 Å². The molecule has 2 saturated heterocycles. The summed E-state index contributed by atoms with van der Waals surface area (Å²) in [5.74, 6) is -1.26. The zero-order chi connectivity index (χ0) is 20.3. The maximum absolute atomic E-state index is 12.3. The Bertz CT molecular complexity index is 814. The molecule has 2 aliphatic rings. The highest BCUT2D eigenvalue weighted by atomic mass is 35.5. The first-order chi connectivity index (χ1) is 13.4. The highest BCUT2D eigenvalue weighted by Gasteiger charge is 2.47. The van der Waals surface area contributed by atoms with E-state index in [0.29, 0.717) is 30.6 Å². The minimum Gasteiger partial charge on any atom is -0.379 e. The van der Waals surface area contributed by atoms with E-state index in [4.69, 9.17) is 16.3 Å². The van der Waals surface area contributed by atoms with Gasteiger partial charge in [0.2, 0.25) is 5.92 Å². The Balaban J connectivity index is 1.91. The van der Waals surface area contributed by atoms with E-state index in [0.717, 1.165) is 23.6 Å². The summed E-state index contributed by atoms with van der Waals surface area (Å²) in [4.78, 5) is 32.4. The molecule has 2 fully saturated rings. The van der Waals surface area contributed by atoms with Crippen LogP contribution in [-0.2, 0) is 9.53 Å². The topological polar surface area (TPSA) is 90.8 Å². The van der Waals surface area contributed by atoms with Crippen LogP contribution in [0.15, 0.2) is 24.3 Å². The summed E-state index contributed by atoms with van der Waals surface area (Å²) in [7, 11) is 2.94. The van der Waals surface area contributed by atoms with Gasteiger partial charge < -0.3 is 4.74 Å². The number of nitriles is 1. The lowest BCUT2D eigenvalue weighted by molar-refractivity contribution is -0.473. The van der Waals surface area contributed by atoms with Crippen LogP contribution < -0.4 is 4.99 Å². The maximum atomic E-state index is 12.3. The van der Waals surface area contributed by atoms with Gasteiger partial charge in [-0.05, 0) is 17.7 Å². The van der Waals surface area contributed by atoms with Crippen molar-refractivity contribution in [2.24, 2.45) is 5.92 Å². The standard InChI is InChI=1S/C19H22ClN5O3/c1-23-17(15(11-21)18(26)24(2)19(23)27)22-12-16(25-7-9-28-10-8-25)13-3-5-14(20)6-4-13/h3-6,15-16H,7-10,12H2,1-2H3/p+1. The Morgan fingerprint density at radius 1 is 1.21 bits per heavy atom. The van der Waals surface area contributed by atoms with Crippen molar-refractivity contribution in [3.63, 3.8) is 0 Å². The minimum atomic E-state index is -1.04. The summed E-state index contributed by atoms with van der Waals surface area (Å²) >= 11 is 6.03. The van der Waals surface area contributed by atoms with Gasteiger partial charge in [0, 0.05) is 25.2 Å². The van der Waals surface area contributed by atoms with E-state index < -0.39 is 17.9 Å². The zero-order valence-electron chi connectivity index (χ0n) is 15.9. The smallest absolute Gasteiger partial charge is 0.379 e. The summed E-state index contributed by atoms with van der Waals surface area (Å²) in [6, 6.07) is 9.12. The number of halogens is 1. The Labute approximate surface area is 168 Å². The third-order valence-corrected chi connectivity index (χ3v) is 5.39. The van der Waals surface area contributed by atoms with Crippen LogP contribution in [-0.4, -0.2) is 79.4 Å². The van der Waals surface area contributed by atoms with Crippen LogP contribution in [0.3, 0.4) is 0 Å². The molecule has 0 saturated carbocycles. The third-order valence-electron chi connectivity index (χ3n) is 5.13. The van der Waals surface area contributed by atoms with Crippen LogP contribution in [0.2, 0.25) is 5.02 Å². The number of hydrogen-bond donors (Lipinski definition) is 1. The van der Waals surface area contributed by atoms with Crippen LogP contribution in [0.4, 0.5) is 4.79 Å². The quantitative estimate of drug-likeness (QED) is 0.754. The van der Waals surface area contributed by atoms with Crippen molar-refractivity contribution in [1.29, 1.82) is 5.26 Å². The fourth-order valence-corrected chi connectivity index (χ4v) is 3.62. The Kier molecular flexibility index (Phi) is 6.29. The van der Waals surface area contributed by atoms with Crippen LogP contribution in [0.5, 0.6) is 0 Å². The Hall–Kier alpha value is -2.47. The molecule has 0 aromatic heterocycles. The number of carbonyl (C=O) groups is 2. The first kappa shape index (κ1) is 20.3. The normalized spacial score (nSPS) is 23.8. The Morgan fingerprint density at radius 3 is 2.46 bits per heavy atom. The third kappa shape index (κ3) is 4.02. The van der Waals surface area contributed by atoms with E-state index in [2.05, 4.69) is 9.89 Å². The molecular weight excluding hydrogens is 382 g/mol. The van der Waals surface area contributed by atoms with Gasteiger partial charge in [-0.25, -0.2) is 9.69 Å². The fourth-order valence-electron chi connectivity index (χ4n) is 3.50. The second-order valence-electron chi connectivity index (χ2n) is 6.78. The van der Waals surface area contributed by atoms with Crippen molar-refractivity contribution in [3.8, 4) is 6.07 Å². The summed E-state index contributed by atoms with van der Waals surface area (Å²) < 4.78 is 5.46. The van der Waals surface area contributed by atoms with Gasteiger partial charge in [0.1, 0.15) is 6.54 Å². The molecule has 28 heavy (non-hydrogen) atoms. The van der Waals surface area contributed by atoms with Crippen LogP contribution in [0.25, 0.3) is 0 Å². The lowest BCUT2D eigenvalue weighted by Gasteiger charge is -2.34. The number of nitrogens with one attached hydrogen (secondary N) is 1. The van der Waals surface area contributed by atoms with E-state index in [1.54, 1.807) is 7.05 Å². The molecule has 0 spiro atoms. The summed E-state index contributed by atoms with van der Waals surface area (Å²) in [6.07, 6.45) is 0. The second-order valence-corrected chi connectivity index (χ2v) is 7.22. The highest BCUT2D eigenvalue weighted by Crippen LogP contribution is 2.22. The number of carbonyl (C=O) groups excluding carboxylic acids is 2. The average Bonchev–Trinajstić information content (AvgIpc) is 2.72. The predicted molar refractivity (Wildman–Crippen MR) is 102 cm³/mol. The molecule has 1 aromatic rings. The molecular formula is C19H23ClN5O3+. The van der Waals surface area contributed by atoms with Crippen LogP contribution >= 0.6 is 11.6 Å². The average molecular weight is 405 g/mol. The Morgan fingerprint density at radius 2 is 1.86 bits per heavy atom. The van der Waals surface area contributed by atoms with Crippen molar-refractivity contribution in [2.45, 2.75) is 6.04 Å². The number of amides is 3. The van der Waals surface area contributed by atoms with E-state index in [9.17, 15) is 14.9 Å². The molecule has 3 rings (SSSR count). The van der Waals surface area contributed by atoms with E-state index in [1.165, 1.54) is 11.9 Å². The van der Waals surface area contributed by atoms with Gasteiger partial charge in [0.05, 0.1) is 32.4 Å². The molecule has 1 N–H and O–H groups in total. The number of nitrogens with zero attached hydrogens (tertiary/aromatic N) is 4. The van der Waals surface area contributed by atoms with Crippen LogP contribution in [0, 0.1) is 17.2 Å². The molecule has 148 valence electrons. The van der Waals surface area contributed by atoms with Crippen molar-refractivity contribution in [3.05, 3.63) is 34.9 Å². The largest absolute Gasteiger partial charge is 0.417 e. The summed E-state index contributed by atoms with van der Waals surface area (Å²) in [5.41, 5.74) is 1.06. The van der Waals surface area contributed by atoms with E-state index in [1.807, 2.05) is 30.3 Å². The molecule has 0 bridgehead atoms. The second kappa shape index (κ2) is 8.69. The SMILES string of the molecule is CN1C(=O)C(C#N)C(=[NH+]CC(c2ccc(Cl)cc2)N2CCOCC2)N(C)C1=O. The molecule has 2 unspecified atom stereocenters. The van der Waals surface area contributed by atoms with E-state index >= 15 is 0 Å². The number of morpholine rings is 1. The molecule has 9 heteroatoms. The molecule has 2 atom stereocenters. The monoisotopic (exact) mass is 404 g/mol. The maximum Gasteiger partial charge on any atom is 0.417 e. The fraction of sp³-hybridized carbons (Fsp3) is 0.474. The zero-order valence-corrected chi connectivity index (χ0v) is 16.6. The van der Waals surface area contributed by atoms with Gasteiger partial charge in [-0.2, -0.15) is 10.2 Å². The van der Waals surface area contributed by atoms with Gasteiger partial charge in [0.15, 0.2) is 0 Å². The number of ether oxygens (including phenoxy) is 1. The molecule has 2 aliphatic heterocycles. The predicted octanol–water partition coefficient (Wildman–Crippen LogP) is -0.144. The number of rotatable bonds is 4. The molecule has 2 heterocycles. The first-order valence-electron chi connectivity index (χ1n) is 9.07. The van der Waals surface area contributed by atoms with Gasteiger partial charge in [-0.1, -0.05) is 23.7 Å². The van der Waals surface area contributed by atoms with Gasteiger partial charge >= 0.3 is 6.03 Å². The lowest BCUT2D eigenvalue weighted by Crippen LogP contribution is -2.82. The van der Waals surface area contributed by atoms with E-state index in [-0.39, 0.29) is 6.04 Å². The van der Waals surface area contributed by atoms with Gasteiger partial charge in [0.25, 0.3) is 11.7 Å². The number of imide groups is 1. The highest BCUT2D eigenvalue weighted by molar-refractivity contribution is 6.30. The number of urea groups is 1. The number of benzene rings is 1. The molecule has 1 aromatic carbocycles. The molecule has 8 nitrogen and oxygen atoms in total. The number of amidine groups is 1. The van der Waals surface area contributed by atoms with Crippen molar-refractivity contribution in [2.75, 3.05) is 46.9 Å². The van der Waals surface area contributed by atoms with Gasteiger partial charge in [-0.15, -0.1) is 0 Å². The van der Waals surface area contributed by atoms with Gasteiger partial charge in [-0.3, -0.25) is 14.7 Å². The first-order valence-corrected chi connectivity index (χ1v) is 9.44. The molecule has 3 amide bonds.